The van der Waals surface area contributed by atoms with E-state index in [0.29, 0.717) is 0 Å². The highest BCUT2D eigenvalue weighted by Crippen LogP contribution is 2.19. The predicted octanol–water partition coefficient (Wildman–Crippen LogP) is 1.46. The van der Waals surface area contributed by atoms with Gasteiger partial charge in [-0.2, -0.15) is 0 Å². The van der Waals surface area contributed by atoms with Crippen LogP contribution in [-0.4, -0.2) is 22.4 Å². The highest BCUT2D eigenvalue weighted by molar-refractivity contribution is 5.75. The zero-order valence-corrected chi connectivity index (χ0v) is 8.42. The van der Waals surface area contributed by atoms with Crippen LogP contribution in [0.2, 0.25) is 0 Å². The lowest BCUT2D eigenvalue weighted by atomic mass is 10.2. The maximum atomic E-state index is 10.9. The van der Waals surface area contributed by atoms with Crippen molar-refractivity contribution in [1.82, 2.24) is 9.55 Å². The van der Waals surface area contributed by atoms with Crippen LogP contribution in [0.1, 0.15) is 35.9 Å². The summed E-state index contributed by atoms with van der Waals surface area (Å²) >= 11 is 0. The Morgan fingerprint density at radius 2 is 2.50 bits per heavy atom. The first kappa shape index (κ1) is 9.24. The van der Waals surface area contributed by atoms with E-state index < -0.39 is 0 Å². The van der Waals surface area contributed by atoms with Crippen LogP contribution >= 0.6 is 0 Å². The Balaban J connectivity index is 2.40. The minimum Gasteiger partial charge on any atom is -0.356 e. The normalized spacial score (nSPS) is 14.6. The second-order valence-corrected chi connectivity index (χ2v) is 3.57. The molecule has 0 saturated heterocycles. The van der Waals surface area contributed by atoms with Crippen molar-refractivity contribution in [1.29, 1.82) is 0 Å². The van der Waals surface area contributed by atoms with Crippen LogP contribution < -0.4 is 5.32 Å². The molecule has 1 aromatic rings. The van der Waals surface area contributed by atoms with E-state index in [4.69, 9.17) is 0 Å². The van der Waals surface area contributed by atoms with E-state index in [1.54, 1.807) is 0 Å². The number of imidazole rings is 1. The van der Waals surface area contributed by atoms with Crippen molar-refractivity contribution in [3.63, 3.8) is 0 Å². The highest BCUT2D eigenvalue weighted by atomic mass is 16.1. The van der Waals surface area contributed by atoms with E-state index in [9.17, 15) is 4.79 Å². The third kappa shape index (κ3) is 1.41. The minimum atomic E-state index is 0.758. The molecule has 1 aliphatic heterocycles. The first-order chi connectivity index (χ1) is 6.86. The van der Waals surface area contributed by atoms with E-state index in [1.165, 1.54) is 0 Å². The molecule has 1 aliphatic rings. The number of hydrogen-bond donors (Lipinski definition) is 1. The molecule has 14 heavy (non-hydrogen) atoms. The summed E-state index contributed by atoms with van der Waals surface area (Å²) in [6, 6.07) is 0. The van der Waals surface area contributed by atoms with Gasteiger partial charge in [0.05, 0.1) is 5.69 Å². The number of nitrogens with zero attached hydrogens (tertiary/aromatic N) is 2. The first-order valence-electron chi connectivity index (χ1n) is 5.15. The molecular weight excluding hydrogens is 178 g/mol. The molecule has 0 bridgehead atoms. The minimum absolute atomic E-state index is 0.758. The number of carbonyl (C=O) groups is 1. The summed E-state index contributed by atoms with van der Waals surface area (Å²) in [6.45, 7) is 3.97. The van der Waals surface area contributed by atoms with Crippen molar-refractivity contribution in [2.24, 2.45) is 0 Å². The SMILES string of the molecule is CCCc1nc2n(c1C=O)CCCN2. The maximum absolute atomic E-state index is 10.9. The monoisotopic (exact) mass is 193 g/mol. The molecule has 1 aromatic heterocycles. The smallest absolute Gasteiger partial charge is 0.203 e. The number of hydrogen-bond acceptors (Lipinski definition) is 3. The molecule has 0 atom stereocenters. The highest BCUT2D eigenvalue weighted by Gasteiger charge is 2.17. The fraction of sp³-hybridized carbons (Fsp3) is 0.600. The molecule has 0 saturated carbocycles. The Morgan fingerprint density at radius 3 is 3.21 bits per heavy atom. The van der Waals surface area contributed by atoms with Crippen molar-refractivity contribution in [2.45, 2.75) is 32.7 Å². The van der Waals surface area contributed by atoms with Gasteiger partial charge in [-0.25, -0.2) is 4.98 Å². The molecule has 0 amide bonds. The van der Waals surface area contributed by atoms with Gasteiger partial charge < -0.3 is 9.88 Å². The van der Waals surface area contributed by atoms with Crippen LogP contribution in [0.4, 0.5) is 5.95 Å². The summed E-state index contributed by atoms with van der Waals surface area (Å²) in [4.78, 5) is 15.4. The summed E-state index contributed by atoms with van der Waals surface area (Å²) in [6.07, 6.45) is 3.90. The molecule has 4 heteroatoms. The lowest BCUT2D eigenvalue weighted by Gasteiger charge is -2.15. The third-order valence-corrected chi connectivity index (χ3v) is 2.52. The van der Waals surface area contributed by atoms with E-state index in [0.717, 1.165) is 56.0 Å². The van der Waals surface area contributed by atoms with Crippen LogP contribution in [0.25, 0.3) is 0 Å². The van der Waals surface area contributed by atoms with Gasteiger partial charge in [-0.15, -0.1) is 0 Å². The molecule has 2 rings (SSSR count). The van der Waals surface area contributed by atoms with E-state index in [-0.39, 0.29) is 0 Å². The van der Waals surface area contributed by atoms with Crippen molar-refractivity contribution in [2.75, 3.05) is 11.9 Å². The van der Waals surface area contributed by atoms with Crippen molar-refractivity contribution < 1.29 is 4.79 Å². The average Bonchev–Trinajstić information content (AvgIpc) is 2.55. The molecule has 0 aromatic carbocycles. The third-order valence-electron chi connectivity index (χ3n) is 2.52. The van der Waals surface area contributed by atoms with Crippen LogP contribution in [-0.2, 0) is 13.0 Å². The van der Waals surface area contributed by atoms with Crippen LogP contribution in [0.5, 0.6) is 0 Å². The topological polar surface area (TPSA) is 46.9 Å². The molecule has 2 heterocycles. The molecule has 0 spiro atoms. The van der Waals surface area contributed by atoms with Gasteiger partial charge >= 0.3 is 0 Å². The molecule has 0 unspecified atom stereocenters. The fourth-order valence-electron chi connectivity index (χ4n) is 1.87. The summed E-state index contributed by atoms with van der Waals surface area (Å²) in [5, 5.41) is 3.21. The standard InChI is InChI=1S/C10H15N3O/c1-2-4-8-9(7-14)13-6-3-5-11-10(13)12-8/h7H,2-6H2,1H3,(H,11,12). The average molecular weight is 193 g/mol. The number of nitrogens with one attached hydrogen (secondary N) is 1. The number of carbonyl (C=O) groups excluding carboxylic acids is 1. The van der Waals surface area contributed by atoms with Gasteiger partial charge in [0.25, 0.3) is 0 Å². The van der Waals surface area contributed by atoms with Gasteiger partial charge in [0.2, 0.25) is 5.95 Å². The van der Waals surface area contributed by atoms with Crippen LogP contribution in [0.3, 0.4) is 0 Å². The molecule has 76 valence electrons. The zero-order chi connectivity index (χ0) is 9.97. The molecule has 4 nitrogen and oxygen atoms in total. The quantitative estimate of drug-likeness (QED) is 0.739. The Hall–Kier alpha value is -1.32. The van der Waals surface area contributed by atoms with Crippen molar-refractivity contribution in [3.8, 4) is 0 Å². The van der Waals surface area contributed by atoms with Crippen molar-refractivity contribution in [3.05, 3.63) is 11.4 Å². The largest absolute Gasteiger partial charge is 0.356 e. The van der Waals surface area contributed by atoms with E-state index >= 15 is 0 Å². The number of fused-ring (bicyclic) bond motifs is 1. The Kier molecular flexibility index (Phi) is 2.52. The molecule has 0 aliphatic carbocycles. The second kappa shape index (κ2) is 3.82. The summed E-state index contributed by atoms with van der Waals surface area (Å²) < 4.78 is 1.99. The van der Waals surface area contributed by atoms with Gasteiger partial charge in [0.15, 0.2) is 6.29 Å². The molecule has 0 fully saturated rings. The summed E-state index contributed by atoms with van der Waals surface area (Å²) in [5.74, 6) is 0.863. The van der Waals surface area contributed by atoms with Gasteiger partial charge in [0.1, 0.15) is 5.69 Å². The van der Waals surface area contributed by atoms with Gasteiger partial charge in [-0.3, -0.25) is 4.79 Å². The van der Waals surface area contributed by atoms with Crippen LogP contribution in [0.15, 0.2) is 0 Å². The summed E-state index contributed by atoms with van der Waals surface area (Å²) in [7, 11) is 0. The predicted molar refractivity (Wildman–Crippen MR) is 54.7 cm³/mol. The summed E-state index contributed by atoms with van der Waals surface area (Å²) in [5.41, 5.74) is 1.70. The Bertz CT molecular complexity index is 343. The number of rotatable bonds is 3. The van der Waals surface area contributed by atoms with Gasteiger partial charge in [0, 0.05) is 13.1 Å². The van der Waals surface area contributed by atoms with Crippen molar-refractivity contribution >= 4 is 12.2 Å². The molecule has 1 N–H and O–H groups in total. The van der Waals surface area contributed by atoms with Gasteiger partial charge in [-0.05, 0) is 12.8 Å². The number of aromatic nitrogens is 2. The van der Waals surface area contributed by atoms with Crippen LogP contribution in [0, 0.1) is 0 Å². The molecular formula is C10H15N3O. The number of anilines is 1. The lowest BCUT2D eigenvalue weighted by Crippen LogP contribution is -2.18. The second-order valence-electron chi connectivity index (χ2n) is 3.57. The maximum Gasteiger partial charge on any atom is 0.203 e. The Labute approximate surface area is 83.3 Å². The number of aryl methyl sites for hydroxylation is 1. The van der Waals surface area contributed by atoms with E-state index in [2.05, 4.69) is 17.2 Å². The zero-order valence-electron chi connectivity index (χ0n) is 8.42. The molecule has 0 radical (unpaired) electrons. The van der Waals surface area contributed by atoms with Gasteiger partial charge in [-0.1, -0.05) is 13.3 Å². The Morgan fingerprint density at radius 1 is 1.64 bits per heavy atom. The number of aldehydes is 1. The van der Waals surface area contributed by atoms with E-state index in [1.807, 2.05) is 4.57 Å². The lowest BCUT2D eigenvalue weighted by molar-refractivity contribution is 0.111. The first-order valence-corrected chi connectivity index (χ1v) is 5.15. The fourth-order valence-corrected chi connectivity index (χ4v) is 1.87.